The third-order valence-corrected chi connectivity index (χ3v) is 3.11. The molecule has 0 atom stereocenters. The lowest BCUT2D eigenvalue weighted by atomic mass is 10.1. The van der Waals surface area contributed by atoms with Crippen molar-refractivity contribution in [2.75, 3.05) is 19.6 Å². The topological polar surface area (TPSA) is 52.0 Å². The highest BCUT2D eigenvalue weighted by Gasteiger charge is 2.23. The molecule has 0 aromatic carbocycles. The zero-order valence-corrected chi connectivity index (χ0v) is 10.2. The van der Waals surface area contributed by atoms with Crippen LogP contribution in [0.3, 0.4) is 0 Å². The number of hydrogen-bond acceptors (Lipinski definition) is 4. The monoisotopic (exact) mass is 230 g/mol. The molecule has 1 aromatic rings. The van der Waals surface area contributed by atoms with Crippen LogP contribution in [0.5, 0.6) is 0 Å². The van der Waals surface area contributed by atoms with Gasteiger partial charge >= 0.3 is 0 Å². The Bertz CT molecular complexity index is 406. The average Bonchev–Trinajstić information content (AvgIpc) is 2.27. The fraction of sp³-hybridized carbons (Fsp3) is 0.538. The van der Waals surface area contributed by atoms with Crippen LogP contribution in [0.15, 0.2) is 18.3 Å². The molecule has 0 spiro atoms. The normalized spacial score (nSPS) is 15.6. The quantitative estimate of drug-likeness (QED) is 0.824. The van der Waals surface area contributed by atoms with Crippen molar-refractivity contribution in [1.29, 1.82) is 5.26 Å². The van der Waals surface area contributed by atoms with Crippen LogP contribution in [0.1, 0.15) is 24.6 Å². The van der Waals surface area contributed by atoms with Crippen molar-refractivity contribution < 1.29 is 0 Å². The van der Waals surface area contributed by atoms with Crippen LogP contribution in [0.25, 0.3) is 0 Å². The van der Waals surface area contributed by atoms with Gasteiger partial charge in [0, 0.05) is 31.9 Å². The predicted octanol–water partition coefficient (Wildman–Crippen LogP) is 1.14. The molecule has 0 radical (unpaired) electrons. The molecule has 0 saturated carbocycles. The fourth-order valence-electron chi connectivity index (χ4n) is 2.08. The zero-order valence-electron chi connectivity index (χ0n) is 10.2. The van der Waals surface area contributed by atoms with E-state index in [1.165, 1.54) is 5.56 Å². The minimum Gasteiger partial charge on any atom is -0.314 e. The summed E-state index contributed by atoms with van der Waals surface area (Å²) in [4.78, 5) is 6.48. The molecule has 0 amide bonds. The van der Waals surface area contributed by atoms with Gasteiger partial charge in [-0.05, 0) is 30.7 Å². The van der Waals surface area contributed by atoms with E-state index in [0.29, 0.717) is 11.7 Å². The zero-order chi connectivity index (χ0) is 12.1. The maximum absolute atomic E-state index is 8.83. The summed E-state index contributed by atoms with van der Waals surface area (Å²) in [6.07, 6.45) is 2.88. The molecule has 1 N–H and O–H groups in total. The minimum atomic E-state index is 0.505. The van der Waals surface area contributed by atoms with E-state index >= 15 is 0 Å². The van der Waals surface area contributed by atoms with E-state index in [1.54, 1.807) is 6.20 Å². The van der Waals surface area contributed by atoms with Crippen LogP contribution in [-0.4, -0.2) is 35.6 Å². The first-order valence-electron chi connectivity index (χ1n) is 6.13. The number of nitrogens with one attached hydrogen (secondary N) is 1. The summed E-state index contributed by atoms with van der Waals surface area (Å²) in [5, 5.41) is 12.1. The third-order valence-electron chi connectivity index (χ3n) is 3.11. The van der Waals surface area contributed by atoms with Crippen LogP contribution in [0.2, 0.25) is 0 Å². The van der Waals surface area contributed by atoms with Crippen molar-refractivity contribution in [3.63, 3.8) is 0 Å². The SMILES string of the molecule is CCCN(Cc1ccnc(C#N)c1)C1CNC1. The molecule has 17 heavy (non-hydrogen) atoms. The average molecular weight is 230 g/mol. The van der Waals surface area contributed by atoms with Gasteiger partial charge in [-0.15, -0.1) is 0 Å². The lowest BCUT2D eigenvalue weighted by molar-refractivity contribution is 0.138. The molecule has 2 rings (SSSR count). The first kappa shape index (κ1) is 12.0. The van der Waals surface area contributed by atoms with Crippen LogP contribution < -0.4 is 5.32 Å². The second-order valence-electron chi connectivity index (χ2n) is 4.44. The standard InChI is InChI=1S/C13H18N4/c1-2-5-17(13-8-15-9-13)10-11-3-4-16-12(6-11)7-14/h3-4,6,13,15H,2,5,8-10H2,1H3. The number of nitrogens with zero attached hydrogens (tertiary/aromatic N) is 3. The molecule has 90 valence electrons. The molecule has 0 aliphatic carbocycles. The van der Waals surface area contributed by atoms with Crippen molar-refractivity contribution in [2.45, 2.75) is 25.9 Å². The lowest BCUT2D eigenvalue weighted by Crippen LogP contribution is -2.56. The summed E-state index contributed by atoms with van der Waals surface area (Å²) in [5.74, 6) is 0. The van der Waals surface area contributed by atoms with Crippen molar-refractivity contribution >= 4 is 0 Å². The Labute approximate surface area is 102 Å². The molecule has 0 bridgehead atoms. The molecule has 4 nitrogen and oxygen atoms in total. The maximum atomic E-state index is 8.83. The molecular formula is C13H18N4. The first-order valence-corrected chi connectivity index (χ1v) is 6.13. The van der Waals surface area contributed by atoms with E-state index in [2.05, 4.69) is 28.2 Å². The van der Waals surface area contributed by atoms with Gasteiger partial charge < -0.3 is 5.32 Å². The number of nitriles is 1. The largest absolute Gasteiger partial charge is 0.314 e. The summed E-state index contributed by atoms with van der Waals surface area (Å²) >= 11 is 0. The van der Waals surface area contributed by atoms with Gasteiger partial charge in [-0.2, -0.15) is 5.26 Å². The Morgan fingerprint density at radius 1 is 1.59 bits per heavy atom. The van der Waals surface area contributed by atoms with Crippen molar-refractivity contribution in [3.05, 3.63) is 29.6 Å². The van der Waals surface area contributed by atoms with Crippen LogP contribution in [0, 0.1) is 11.3 Å². The van der Waals surface area contributed by atoms with Gasteiger partial charge in [-0.25, -0.2) is 4.98 Å². The van der Waals surface area contributed by atoms with Crippen molar-refractivity contribution in [1.82, 2.24) is 15.2 Å². The highest BCUT2D eigenvalue weighted by molar-refractivity contribution is 5.25. The van der Waals surface area contributed by atoms with Crippen molar-refractivity contribution in [2.24, 2.45) is 0 Å². The second-order valence-corrected chi connectivity index (χ2v) is 4.44. The van der Waals surface area contributed by atoms with Gasteiger partial charge in [-0.1, -0.05) is 6.92 Å². The lowest BCUT2D eigenvalue weighted by Gasteiger charge is -2.38. The first-order chi connectivity index (χ1) is 8.33. The van der Waals surface area contributed by atoms with Gasteiger partial charge in [0.15, 0.2) is 0 Å². The Morgan fingerprint density at radius 3 is 3.00 bits per heavy atom. The number of hydrogen-bond donors (Lipinski definition) is 1. The smallest absolute Gasteiger partial charge is 0.140 e. The highest BCUT2D eigenvalue weighted by Crippen LogP contribution is 2.12. The highest BCUT2D eigenvalue weighted by atomic mass is 15.2. The van der Waals surface area contributed by atoms with E-state index in [0.717, 1.165) is 32.6 Å². The van der Waals surface area contributed by atoms with E-state index in [4.69, 9.17) is 5.26 Å². The molecule has 4 heteroatoms. The summed E-state index contributed by atoms with van der Waals surface area (Å²) in [6, 6.07) is 6.61. The molecule has 1 saturated heterocycles. The Morgan fingerprint density at radius 2 is 2.41 bits per heavy atom. The van der Waals surface area contributed by atoms with E-state index in [9.17, 15) is 0 Å². The summed E-state index contributed by atoms with van der Waals surface area (Å²) in [5.41, 5.74) is 1.68. The maximum Gasteiger partial charge on any atom is 0.140 e. The molecule has 1 aliphatic heterocycles. The second kappa shape index (κ2) is 5.76. The Kier molecular flexibility index (Phi) is 4.08. The molecule has 1 aromatic heterocycles. The Hall–Kier alpha value is -1.44. The summed E-state index contributed by atoms with van der Waals surface area (Å²) in [7, 11) is 0. The Balaban J connectivity index is 2.03. The molecule has 1 aliphatic rings. The number of pyridine rings is 1. The van der Waals surface area contributed by atoms with E-state index < -0.39 is 0 Å². The fourth-order valence-corrected chi connectivity index (χ4v) is 2.08. The summed E-state index contributed by atoms with van der Waals surface area (Å²) in [6.45, 7) is 6.38. The number of aromatic nitrogens is 1. The van der Waals surface area contributed by atoms with Gasteiger partial charge in [-0.3, -0.25) is 4.90 Å². The van der Waals surface area contributed by atoms with Gasteiger partial charge in [0.25, 0.3) is 0 Å². The van der Waals surface area contributed by atoms with Crippen LogP contribution in [0.4, 0.5) is 0 Å². The van der Waals surface area contributed by atoms with Gasteiger partial charge in [0.2, 0.25) is 0 Å². The predicted molar refractivity (Wildman–Crippen MR) is 66.3 cm³/mol. The van der Waals surface area contributed by atoms with E-state index in [1.807, 2.05) is 12.1 Å². The molecule has 2 heterocycles. The van der Waals surface area contributed by atoms with Gasteiger partial charge in [0.05, 0.1) is 0 Å². The summed E-state index contributed by atoms with van der Waals surface area (Å²) < 4.78 is 0. The minimum absolute atomic E-state index is 0.505. The third kappa shape index (κ3) is 3.02. The molecule has 0 unspecified atom stereocenters. The number of rotatable bonds is 5. The molecule has 1 fully saturated rings. The van der Waals surface area contributed by atoms with Crippen LogP contribution >= 0.6 is 0 Å². The van der Waals surface area contributed by atoms with Gasteiger partial charge in [0.1, 0.15) is 11.8 Å². The molecular weight excluding hydrogens is 212 g/mol. The van der Waals surface area contributed by atoms with E-state index in [-0.39, 0.29) is 0 Å². The van der Waals surface area contributed by atoms with Crippen LogP contribution in [-0.2, 0) is 6.54 Å². The van der Waals surface area contributed by atoms with Crippen molar-refractivity contribution in [3.8, 4) is 6.07 Å².